The monoisotopic (exact) mass is 168 g/mol. The summed E-state index contributed by atoms with van der Waals surface area (Å²) < 4.78 is 6.92. The van der Waals surface area contributed by atoms with Gasteiger partial charge in [-0.3, -0.25) is 4.79 Å². The molecule has 68 valence electrons. The first-order valence-electron chi connectivity index (χ1n) is 4.94. The van der Waals surface area contributed by atoms with Crippen LogP contribution in [-0.2, 0) is 4.79 Å². The fourth-order valence-electron chi connectivity index (χ4n) is 1.25. The van der Waals surface area contributed by atoms with Crippen LogP contribution in [0.3, 0.4) is 0 Å². The second-order valence-corrected chi connectivity index (χ2v) is 4.06. The zero-order valence-corrected chi connectivity index (χ0v) is 7.92. The molecule has 2 heteroatoms. The number of amides is 1. The van der Waals surface area contributed by atoms with Gasteiger partial charge in [-0.1, -0.05) is 19.9 Å². The summed E-state index contributed by atoms with van der Waals surface area (Å²) in [7, 11) is 0. The van der Waals surface area contributed by atoms with E-state index in [1.807, 2.05) is 26.8 Å². The predicted octanol–water partition coefficient (Wildman–Crippen LogP) is 1.72. The summed E-state index contributed by atoms with van der Waals surface area (Å²) in [5.41, 5.74) is -0.0844. The lowest BCUT2D eigenvalue weighted by Crippen LogP contribution is -2.38. The first-order valence-corrected chi connectivity index (χ1v) is 4.36. The number of hydrogen-bond acceptors (Lipinski definition) is 1. The Morgan fingerprint density at radius 1 is 1.92 bits per heavy atom. The van der Waals surface area contributed by atoms with Gasteiger partial charge in [0.25, 0.3) is 0 Å². The quantitative estimate of drug-likeness (QED) is 0.639. The highest BCUT2D eigenvalue weighted by molar-refractivity contribution is 5.79. The van der Waals surface area contributed by atoms with Crippen molar-refractivity contribution in [1.82, 2.24) is 5.32 Å². The van der Waals surface area contributed by atoms with E-state index in [0.29, 0.717) is 5.92 Å². The van der Waals surface area contributed by atoms with Crippen molar-refractivity contribution in [2.24, 2.45) is 11.8 Å². The molecule has 0 bridgehead atoms. The van der Waals surface area contributed by atoms with Crippen LogP contribution >= 0.6 is 0 Å². The second kappa shape index (κ2) is 2.92. The molecule has 1 aliphatic carbocycles. The molecule has 0 aromatic rings. The van der Waals surface area contributed by atoms with Gasteiger partial charge >= 0.3 is 0 Å². The van der Waals surface area contributed by atoms with Gasteiger partial charge in [-0.15, -0.1) is 6.55 Å². The van der Waals surface area contributed by atoms with Gasteiger partial charge in [0, 0.05) is 17.4 Å². The van der Waals surface area contributed by atoms with Crippen LogP contribution in [0.5, 0.6) is 0 Å². The van der Waals surface area contributed by atoms with Crippen molar-refractivity contribution in [1.29, 1.82) is 0 Å². The van der Waals surface area contributed by atoms with Crippen LogP contribution < -0.4 is 5.32 Å². The molecule has 2 nitrogen and oxygen atoms in total. The molecule has 2 atom stereocenters. The van der Waals surface area contributed by atoms with E-state index >= 15 is 0 Å². The van der Waals surface area contributed by atoms with Crippen molar-refractivity contribution in [2.45, 2.75) is 32.7 Å². The molecule has 1 saturated carbocycles. The van der Waals surface area contributed by atoms with E-state index in [2.05, 4.69) is 5.32 Å². The minimum absolute atomic E-state index is 0.0399. The molecule has 0 heterocycles. The molecule has 1 aliphatic rings. The SMILES string of the molecule is [2H]C=CC1C[C@@]1(C)NC(=O)C(C)C. The topological polar surface area (TPSA) is 29.1 Å². The van der Waals surface area contributed by atoms with Crippen LogP contribution in [0.2, 0.25) is 0 Å². The molecule has 0 aromatic carbocycles. The third-order valence-electron chi connectivity index (χ3n) is 2.47. The molecular weight excluding hydrogens is 150 g/mol. The lowest BCUT2D eigenvalue weighted by molar-refractivity contribution is -0.124. The summed E-state index contributed by atoms with van der Waals surface area (Å²) in [4.78, 5) is 11.4. The Hall–Kier alpha value is -0.790. The van der Waals surface area contributed by atoms with Gasteiger partial charge in [-0.2, -0.15) is 0 Å². The van der Waals surface area contributed by atoms with Gasteiger partial charge in [-0.25, -0.2) is 0 Å². The first-order chi connectivity index (χ1) is 5.99. The summed E-state index contributed by atoms with van der Waals surface area (Å²) in [5, 5.41) is 2.99. The Morgan fingerprint density at radius 2 is 2.58 bits per heavy atom. The standard InChI is InChI=1S/C10H17NO/c1-5-8-6-10(8,4)11-9(12)7(2)3/h5,7-8H,1,6H2,2-4H3,(H,11,12)/t8?,10-/m1/s1/i1D. The number of carbonyl (C=O) groups is 1. The smallest absolute Gasteiger partial charge is 0.222 e. The minimum atomic E-state index is -0.0844. The maximum absolute atomic E-state index is 11.4. The Kier molecular flexibility index (Phi) is 1.91. The van der Waals surface area contributed by atoms with Crippen LogP contribution in [0.25, 0.3) is 0 Å². The van der Waals surface area contributed by atoms with Crippen LogP contribution in [0.15, 0.2) is 12.6 Å². The summed E-state index contributed by atoms with van der Waals surface area (Å²) in [6, 6.07) is 0. The molecule has 0 aromatic heterocycles. The maximum atomic E-state index is 11.4. The Labute approximate surface area is 75.4 Å². The number of carbonyl (C=O) groups excluding carboxylic acids is 1. The molecule has 1 N–H and O–H groups in total. The van der Waals surface area contributed by atoms with Crippen molar-refractivity contribution < 1.29 is 6.17 Å². The summed E-state index contributed by atoms with van der Waals surface area (Å²) >= 11 is 0. The van der Waals surface area contributed by atoms with E-state index in [1.54, 1.807) is 0 Å². The van der Waals surface area contributed by atoms with Crippen LogP contribution in [0.1, 0.15) is 28.6 Å². The van der Waals surface area contributed by atoms with Gasteiger partial charge in [0.1, 0.15) is 0 Å². The number of hydrogen-bond donors (Lipinski definition) is 1. The molecule has 1 fully saturated rings. The highest BCUT2D eigenvalue weighted by Crippen LogP contribution is 2.43. The maximum Gasteiger partial charge on any atom is 0.222 e. The molecular formula is C10H17NO. The highest BCUT2D eigenvalue weighted by Gasteiger charge is 2.49. The zero-order valence-electron chi connectivity index (χ0n) is 8.92. The highest BCUT2D eigenvalue weighted by atomic mass is 16.2. The van der Waals surface area contributed by atoms with Crippen LogP contribution in [0.4, 0.5) is 0 Å². The number of rotatable bonds is 3. The molecule has 0 aliphatic heterocycles. The molecule has 0 spiro atoms. The van der Waals surface area contributed by atoms with Crippen molar-refractivity contribution in [3.8, 4) is 0 Å². The van der Waals surface area contributed by atoms with Gasteiger partial charge in [-0.05, 0) is 13.3 Å². The largest absolute Gasteiger partial charge is 0.350 e. The third kappa shape index (κ3) is 1.68. The molecule has 0 saturated heterocycles. The van der Waals surface area contributed by atoms with E-state index in [-0.39, 0.29) is 17.4 Å². The Balaban J connectivity index is 2.43. The summed E-state index contributed by atoms with van der Waals surface area (Å²) in [6.07, 6.45) is 2.79. The first kappa shape index (κ1) is 7.84. The number of nitrogens with one attached hydrogen (secondary N) is 1. The molecule has 1 unspecified atom stereocenters. The van der Waals surface area contributed by atoms with Gasteiger partial charge in [0.05, 0.1) is 1.37 Å². The average molecular weight is 168 g/mol. The normalized spacial score (nSPS) is 35.3. The summed E-state index contributed by atoms with van der Waals surface area (Å²) in [5.74, 6) is 0.495. The molecule has 1 rings (SSSR count). The minimum Gasteiger partial charge on any atom is -0.350 e. The van der Waals surface area contributed by atoms with Crippen molar-refractivity contribution in [3.05, 3.63) is 12.6 Å². The lowest BCUT2D eigenvalue weighted by Gasteiger charge is -2.14. The van der Waals surface area contributed by atoms with E-state index in [0.717, 1.165) is 6.42 Å². The summed E-state index contributed by atoms with van der Waals surface area (Å²) in [6.45, 7) is 7.10. The van der Waals surface area contributed by atoms with E-state index in [1.165, 1.54) is 6.55 Å². The van der Waals surface area contributed by atoms with Crippen molar-refractivity contribution in [3.63, 3.8) is 0 Å². The lowest BCUT2D eigenvalue weighted by atomic mass is 10.1. The average Bonchev–Trinajstić information content (AvgIpc) is 2.62. The zero-order chi connectivity index (χ0) is 10.1. The Bertz CT molecular complexity index is 237. The van der Waals surface area contributed by atoms with E-state index in [4.69, 9.17) is 1.37 Å². The van der Waals surface area contributed by atoms with Crippen LogP contribution in [-0.4, -0.2) is 11.4 Å². The van der Waals surface area contributed by atoms with Crippen LogP contribution in [0, 0.1) is 11.8 Å². The Morgan fingerprint density at radius 3 is 3.08 bits per heavy atom. The fraction of sp³-hybridized carbons (Fsp3) is 0.700. The van der Waals surface area contributed by atoms with Crippen molar-refractivity contribution >= 4 is 5.91 Å². The molecule has 0 radical (unpaired) electrons. The van der Waals surface area contributed by atoms with Gasteiger partial charge in [0.15, 0.2) is 0 Å². The van der Waals surface area contributed by atoms with Gasteiger partial charge in [0.2, 0.25) is 5.91 Å². The van der Waals surface area contributed by atoms with E-state index < -0.39 is 0 Å². The van der Waals surface area contributed by atoms with Crippen molar-refractivity contribution in [2.75, 3.05) is 0 Å². The molecule has 12 heavy (non-hydrogen) atoms. The fourth-order valence-corrected chi connectivity index (χ4v) is 1.25. The second-order valence-electron chi connectivity index (χ2n) is 4.06. The van der Waals surface area contributed by atoms with Gasteiger partial charge < -0.3 is 5.32 Å². The predicted molar refractivity (Wildman–Crippen MR) is 49.7 cm³/mol. The third-order valence-corrected chi connectivity index (χ3v) is 2.47. The van der Waals surface area contributed by atoms with E-state index in [9.17, 15) is 4.79 Å². The molecule has 1 amide bonds.